The van der Waals surface area contributed by atoms with E-state index in [0.717, 1.165) is 21.9 Å². The maximum atomic E-state index is 12.9. The van der Waals surface area contributed by atoms with E-state index >= 15 is 0 Å². The molecule has 0 aliphatic heterocycles. The second-order valence-electron chi connectivity index (χ2n) is 4.54. The van der Waals surface area contributed by atoms with Crippen LogP contribution in [-0.2, 0) is 6.18 Å². The number of amidine groups is 1. The number of nitrogens with one attached hydrogen (secondary N) is 1. The lowest BCUT2D eigenvalue weighted by Gasteiger charge is -2.14. The highest BCUT2D eigenvalue weighted by Gasteiger charge is 2.34. The fraction of sp³-hybridized carbons (Fsp3) is 0.231. The van der Waals surface area contributed by atoms with Gasteiger partial charge in [0.25, 0.3) is 0 Å². The first-order valence-electron chi connectivity index (χ1n) is 5.90. The highest BCUT2D eigenvalue weighted by molar-refractivity contribution is 9.10. The van der Waals surface area contributed by atoms with Crippen molar-refractivity contribution in [3.63, 3.8) is 0 Å². The van der Waals surface area contributed by atoms with Gasteiger partial charge in [0, 0.05) is 5.56 Å². The monoisotopic (exact) mass is 360 g/mol. The lowest BCUT2D eigenvalue weighted by atomic mass is 10.1. The van der Waals surface area contributed by atoms with Gasteiger partial charge in [-0.25, -0.2) is 4.68 Å². The molecule has 1 heterocycles. The van der Waals surface area contributed by atoms with E-state index in [1.807, 2.05) is 0 Å². The normalized spacial score (nSPS) is 11.7. The number of hydrogen-bond donors (Lipinski definition) is 2. The van der Waals surface area contributed by atoms with E-state index in [4.69, 9.17) is 11.1 Å². The Morgan fingerprint density at radius 2 is 1.95 bits per heavy atom. The Bertz CT molecular complexity index is 719. The van der Waals surface area contributed by atoms with Gasteiger partial charge in [0.15, 0.2) is 0 Å². The van der Waals surface area contributed by atoms with Crippen LogP contribution in [0.1, 0.15) is 22.5 Å². The largest absolute Gasteiger partial charge is 0.417 e. The molecule has 0 aliphatic rings. The highest BCUT2D eigenvalue weighted by Crippen LogP contribution is 2.33. The molecule has 0 atom stereocenters. The zero-order chi connectivity index (χ0) is 15.9. The maximum Gasteiger partial charge on any atom is 0.417 e. The molecule has 0 saturated heterocycles. The molecule has 8 heteroatoms. The highest BCUT2D eigenvalue weighted by atomic mass is 79.9. The SMILES string of the molecule is Cc1nn(-c2ccc(C(F)(F)F)c(C(=N)N)c2)c(C)c1Br. The number of rotatable bonds is 2. The summed E-state index contributed by atoms with van der Waals surface area (Å²) in [5.41, 5.74) is 5.87. The van der Waals surface area contributed by atoms with E-state index in [1.54, 1.807) is 13.8 Å². The van der Waals surface area contributed by atoms with Gasteiger partial charge in [-0.2, -0.15) is 18.3 Å². The van der Waals surface area contributed by atoms with E-state index in [9.17, 15) is 13.2 Å². The summed E-state index contributed by atoms with van der Waals surface area (Å²) in [5.74, 6) is -0.634. The Morgan fingerprint density at radius 1 is 1.33 bits per heavy atom. The molecule has 0 aliphatic carbocycles. The minimum absolute atomic E-state index is 0.358. The predicted octanol–water partition coefficient (Wildman–Crippen LogP) is 3.55. The second kappa shape index (κ2) is 5.18. The number of benzene rings is 1. The standard InChI is InChI=1S/C13H12BrF3N4/c1-6-11(14)7(2)21(20-6)8-3-4-10(13(15,16)17)9(5-8)12(18)19/h3-5H,1-2H3,(H3,18,19). The Labute approximate surface area is 127 Å². The predicted molar refractivity (Wildman–Crippen MR) is 76.8 cm³/mol. The van der Waals surface area contributed by atoms with Gasteiger partial charge >= 0.3 is 6.18 Å². The van der Waals surface area contributed by atoms with Crippen LogP contribution in [0, 0.1) is 19.3 Å². The molecule has 4 nitrogen and oxygen atoms in total. The molecule has 0 amide bonds. The summed E-state index contributed by atoms with van der Waals surface area (Å²) >= 11 is 3.36. The van der Waals surface area contributed by atoms with Crippen molar-refractivity contribution < 1.29 is 13.2 Å². The van der Waals surface area contributed by atoms with Crippen molar-refractivity contribution in [3.05, 3.63) is 45.2 Å². The number of hydrogen-bond acceptors (Lipinski definition) is 2. The van der Waals surface area contributed by atoms with E-state index < -0.39 is 17.6 Å². The van der Waals surface area contributed by atoms with Crippen molar-refractivity contribution in [1.29, 1.82) is 5.41 Å². The number of aryl methyl sites for hydroxylation is 1. The quantitative estimate of drug-likeness (QED) is 0.635. The third kappa shape index (κ3) is 2.80. The number of nitrogens with two attached hydrogens (primary N) is 1. The molecule has 1 aromatic heterocycles. The summed E-state index contributed by atoms with van der Waals surface area (Å²) in [6, 6.07) is 3.44. The Hall–Kier alpha value is -1.83. The fourth-order valence-electron chi connectivity index (χ4n) is 2.01. The van der Waals surface area contributed by atoms with Gasteiger partial charge < -0.3 is 5.73 Å². The van der Waals surface area contributed by atoms with Crippen LogP contribution in [0.2, 0.25) is 0 Å². The number of nitrogens with zero attached hydrogens (tertiary/aromatic N) is 2. The van der Waals surface area contributed by atoms with Crippen LogP contribution in [0.25, 0.3) is 5.69 Å². The lowest BCUT2D eigenvalue weighted by Crippen LogP contribution is -2.19. The molecule has 0 unspecified atom stereocenters. The third-order valence-electron chi connectivity index (χ3n) is 3.05. The molecular formula is C13H12BrF3N4. The van der Waals surface area contributed by atoms with Gasteiger partial charge in [0.05, 0.1) is 27.1 Å². The van der Waals surface area contributed by atoms with E-state index in [0.29, 0.717) is 5.69 Å². The smallest absolute Gasteiger partial charge is 0.384 e. The fourth-order valence-corrected chi connectivity index (χ4v) is 2.26. The summed E-state index contributed by atoms with van der Waals surface area (Å²) in [4.78, 5) is 0. The number of halogens is 4. The summed E-state index contributed by atoms with van der Waals surface area (Å²) in [5, 5.41) is 11.6. The van der Waals surface area contributed by atoms with Crippen molar-refractivity contribution in [1.82, 2.24) is 9.78 Å². The zero-order valence-electron chi connectivity index (χ0n) is 11.2. The minimum Gasteiger partial charge on any atom is -0.384 e. The van der Waals surface area contributed by atoms with Crippen molar-refractivity contribution in [2.45, 2.75) is 20.0 Å². The molecule has 1 aromatic carbocycles. The van der Waals surface area contributed by atoms with Crippen LogP contribution in [0.4, 0.5) is 13.2 Å². The van der Waals surface area contributed by atoms with Crippen molar-refractivity contribution in [3.8, 4) is 5.69 Å². The molecular weight excluding hydrogens is 349 g/mol. The molecule has 2 aromatic rings. The van der Waals surface area contributed by atoms with Gasteiger partial charge in [-0.3, -0.25) is 5.41 Å². The second-order valence-corrected chi connectivity index (χ2v) is 5.33. The molecule has 0 fully saturated rings. The van der Waals surface area contributed by atoms with E-state index in [1.165, 1.54) is 16.8 Å². The molecule has 2 rings (SSSR count). The summed E-state index contributed by atoms with van der Waals surface area (Å²) in [6.45, 7) is 3.57. The third-order valence-corrected chi connectivity index (χ3v) is 4.19. The zero-order valence-corrected chi connectivity index (χ0v) is 12.8. The molecule has 3 N–H and O–H groups in total. The van der Waals surface area contributed by atoms with Crippen LogP contribution >= 0.6 is 15.9 Å². The van der Waals surface area contributed by atoms with Gasteiger partial charge in [-0.05, 0) is 48.0 Å². The number of nitrogen functional groups attached to an aromatic ring is 1. The van der Waals surface area contributed by atoms with Gasteiger partial charge in [0.2, 0.25) is 0 Å². The van der Waals surface area contributed by atoms with E-state index in [-0.39, 0.29) is 5.56 Å². The lowest BCUT2D eigenvalue weighted by molar-refractivity contribution is -0.137. The van der Waals surface area contributed by atoms with Crippen LogP contribution in [0.3, 0.4) is 0 Å². The molecule has 0 saturated carbocycles. The van der Waals surface area contributed by atoms with Crippen molar-refractivity contribution in [2.24, 2.45) is 5.73 Å². The Balaban J connectivity index is 2.65. The molecule has 112 valence electrons. The maximum absolute atomic E-state index is 12.9. The number of alkyl halides is 3. The first-order chi connectivity index (χ1) is 9.62. The Kier molecular flexibility index (Phi) is 3.83. The average Bonchev–Trinajstić information content (AvgIpc) is 2.64. The van der Waals surface area contributed by atoms with Crippen molar-refractivity contribution >= 4 is 21.8 Å². The van der Waals surface area contributed by atoms with Gasteiger partial charge in [-0.15, -0.1) is 0 Å². The first-order valence-corrected chi connectivity index (χ1v) is 6.70. The van der Waals surface area contributed by atoms with Crippen molar-refractivity contribution in [2.75, 3.05) is 0 Å². The Morgan fingerprint density at radius 3 is 2.38 bits per heavy atom. The van der Waals surface area contributed by atoms with Crippen LogP contribution in [-0.4, -0.2) is 15.6 Å². The van der Waals surface area contributed by atoms with Gasteiger partial charge in [-0.1, -0.05) is 0 Å². The summed E-state index contributed by atoms with van der Waals surface area (Å²) in [7, 11) is 0. The topological polar surface area (TPSA) is 67.7 Å². The molecule has 0 spiro atoms. The van der Waals surface area contributed by atoms with Crippen LogP contribution < -0.4 is 5.73 Å². The molecule has 21 heavy (non-hydrogen) atoms. The van der Waals surface area contributed by atoms with Crippen LogP contribution in [0.15, 0.2) is 22.7 Å². The number of aromatic nitrogens is 2. The van der Waals surface area contributed by atoms with Gasteiger partial charge in [0.1, 0.15) is 5.84 Å². The summed E-state index contributed by atoms with van der Waals surface area (Å²) in [6.07, 6.45) is -4.56. The molecule has 0 bridgehead atoms. The summed E-state index contributed by atoms with van der Waals surface area (Å²) < 4.78 is 41.0. The molecule has 0 radical (unpaired) electrons. The van der Waals surface area contributed by atoms with E-state index in [2.05, 4.69) is 21.0 Å². The van der Waals surface area contributed by atoms with Crippen LogP contribution in [0.5, 0.6) is 0 Å². The average molecular weight is 361 g/mol. The first kappa shape index (κ1) is 15.6. The minimum atomic E-state index is -4.56.